The van der Waals surface area contributed by atoms with Crippen LogP contribution in [-0.4, -0.2) is 31.4 Å². The maximum absolute atomic E-state index is 13.6. The largest absolute Gasteiger partial charge is 0.493 e. The molecule has 7 nitrogen and oxygen atoms in total. The number of allylic oxidation sites excluding steroid dienone is 1. The molecule has 0 saturated heterocycles. The molecule has 176 valence electrons. The lowest BCUT2D eigenvalue weighted by Crippen LogP contribution is -2.39. The van der Waals surface area contributed by atoms with Crippen molar-refractivity contribution in [2.75, 3.05) is 20.8 Å². The summed E-state index contributed by atoms with van der Waals surface area (Å²) >= 11 is 1.28. The predicted molar refractivity (Wildman–Crippen MR) is 131 cm³/mol. The number of ether oxygens (including phenoxy) is 3. The fourth-order valence-electron chi connectivity index (χ4n) is 3.95. The number of carbonyl (C=O) groups is 1. The number of hydrogen-bond donors (Lipinski definition) is 0. The summed E-state index contributed by atoms with van der Waals surface area (Å²) in [5, 5.41) is 0. The number of thiazole rings is 1. The van der Waals surface area contributed by atoms with Gasteiger partial charge in [-0.15, -0.1) is 0 Å². The molecule has 0 fully saturated rings. The second kappa shape index (κ2) is 9.69. The Morgan fingerprint density at radius 2 is 1.79 bits per heavy atom. The number of esters is 1. The first-order chi connectivity index (χ1) is 16.4. The maximum atomic E-state index is 13.6. The summed E-state index contributed by atoms with van der Waals surface area (Å²) in [6.45, 7) is 5.76. The highest BCUT2D eigenvalue weighted by Gasteiger charge is 2.33. The molecule has 1 atom stereocenters. The Hall–Kier alpha value is -3.65. The highest BCUT2D eigenvalue weighted by atomic mass is 32.1. The van der Waals surface area contributed by atoms with Crippen LogP contribution < -0.4 is 24.4 Å². The first kappa shape index (κ1) is 23.5. The molecule has 0 aliphatic carbocycles. The van der Waals surface area contributed by atoms with E-state index in [-0.39, 0.29) is 12.2 Å². The molecule has 8 heteroatoms. The molecular weight excluding hydrogens is 452 g/mol. The van der Waals surface area contributed by atoms with E-state index in [2.05, 4.69) is 4.99 Å². The van der Waals surface area contributed by atoms with Crippen LogP contribution in [0, 0.1) is 6.92 Å². The van der Waals surface area contributed by atoms with Gasteiger partial charge in [-0.3, -0.25) is 9.36 Å². The molecule has 2 aromatic carbocycles. The van der Waals surface area contributed by atoms with Crippen LogP contribution in [0.3, 0.4) is 0 Å². The molecule has 0 saturated carbocycles. The van der Waals surface area contributed by atoms with Crippen LogP contribution in [0.5, 0.6) is 11.5 Å². The third-order valence-corrected chi connectivity index (χ3v) is 6.60. The lowest BCUT2D eigenvalue weighted by molar-refractivity contribution is -0.139. The molecule has 1 aromatic heterocycles. The topological polar surface area (TPSA) is 79.1 Å². The minimum Gasteiger partial charge on any atom is -0.493 e. The molecular formula is C26H26N2O5S. The maximum Gasteiger partial charge on any atom is 0.338 e. The normalized spacial score (nSPS) is 15.6. The van der Waals surface area contributed by atoms with Gasteiger partial charge in [-0.25, -0.2) is 9.79 Å². The van der Waals surface area contributed by atoms with E-state index < -0.39 is 12.0 Å². The predicted octanol–water partition coefficient (Wildman–Crippen LogP) is 3.12. The van der Waals surface area contributed by atoms with Crippen molar-refractivity contribution >= 4 is 23.4 Å². The first-order valence-electron chi connectivity index (χ1n) is 10.9. The van der Waals surface area contributed by atoms with Gasteiger partial charge >= 0.3 is 5.97 Å². The van der Waals surface area contributed by atoms with Gasteiger partial charge in [0, 0.05) is 0 Å². The zero-order valence-corrected chi connectivity index (χ0v) is 20.6. The molecule has 2 heterocycles. The zero-order valence-electron chi connectivity index (χ0n) is 19.7. The third kappa shape index (κ3) is 4.28. The summed E-state index contributed by atoms with van der Waals surface area (Å²) in [5.41, 5.74) is 3.39. The molecule has 34 heavy (non-hydrogen) atoms. The number of aromatic nitrogens is 1. The fraction of sp³-hybridized carbons (Fsp3) is 0.269. The number of benzene rings is 2. The lowest BCUT2D eigenvalue weighted by Gasteiger charge is -2.24. The molecule has 0 N–H and O–H groups in total. The average molecular weight is 479 g/mol. The van der Waals surface area contributed by atoms with Crippen LogP contribution in [-0.2, 0) is 9.53 Å². The Kier molecular flexibility index (Phi) is 6.70. The van der Waals surface area contributed by atoms with E-state index in [4.69, 9.17) is 14.2 Å². The number of rotatable bonds is 6. The SMILES string of the molecule is CCOC(=O)C1=C(C)N=c2s/c(=C\c3ccc(OC)c(OC)c3)c(=O)n2C1c1ccc(C)cc1. The highest BCUT2D eigenvalue weighted by Crippen LogP contribution is 2.31. The number of hydrogen-bond acceptors (Lipinski definition) is 7. The van der Waals surface area contributed by atoms with E-state index >= 15 is 0 Å². The smallest absolute Gasteiger partial charge is 0.338 e. The number of aryl methyl sites for hydroxylation is 1. The van der Waals surface area contributed by atoms with Crippen LogP contribution in [0.15, 0.2) is 63.5 Å². The molecule has 1 aliphatic heterocycles. The average Bonchev–Trinajstić information content (AvgIpc) is 3.13. The van der Waals surface area contributed by atoms with E-state index in [1.54, 1.807) is 44.8 Å². The monoisotopic (exact) mass is 478 g/mol. The van der Waals surface area contributed by atoms with Gasteiger partial charge in [0.05, 0.1) is 42.7 Å². The quantitative estimate of drug-likeness (QED) is 0.509. The Labute approximate surface area is 201 Å². The summed E-state index contributed by atoms with van der Waals surface area (Å²) in [5.74, 6) is 0.709. The lowest BCUT2D eigenvalue weighted by atomic mass is 9.95. The van der Waals surface area contributed by atoms with Crippen molar-refractivity contribution in [1.29, 1.82) is 0 Å². The van der Waals surface area contributed by atoms with Crippen molar-refractivity contribution in [3.05, 3.63) is 90.1 Å². The van der Waals surface area contributed by atoms with Crippen molar-refractivity contribution in [1.82, 2.24) is 4.57 Å². The molecule has 0 radical (unpaired) electrons. The van der Waals surface area contributed by atoms with Gasteiger partial charge in [0.1, 0.15) is 0 Å². The fourth-order valence-corrected chi connectivity index (χ4v) is 5.00. The summed E-state index contributed by atoms with van der Waals surface area (Å²) < 4.78 is 18.1. The standard InChI is InChI=1S/C26H26N2O5S/c1-6-33-25(30)22-16(3)27-26-28(23(22)18-10-7-15(2)8-11-18)24(29)21(34-26)14-17-9-12-19(31-4)20(13-17)32-5/h7-14,23H,6H2,1-5H3/b21-14-. The van der Waals surface area contributed by atoms with Gasteiger partial charge in [-0.05, 0) is 50.1 Å². The summed E-state index contributed by atoms with van der Waals surface area (Å²) in [4.78, 5) is 31.7. The van der Waals surface area contributed by atoms with Gasteiger partial charge < -0.3 is 14.2 Å². The molecule has 0 bridgehead atoms. The number of carbonyl (C=O) groups excluding carboxylic acids is 1. The van der Waals surface area contributed by atoms with Crippen LogP contribution >= 0.6 is 11.3 Å². The van der Waals surface area contributed by atoms with Crippen molar-refractivity contribution in [2.45, 2.75) is 26.8 Å². The third-order valence-electron chi connectivity index (χ3n) is 5.62. The molecule has 3 aromatic rings. The van der Waals surface area contributed by atoms with Crippen LogP contribution in [0.25, 0.3) is 6.08 Å². The molecule has 1 aliphatic rings. The Morgan fingerprint density at radius 1 is 1.09 bits per heavy atom. The molecule has 0 spiro atoms. The molecule has 1 unspecified atom stereocenters. The van der Waals surface area contributed by atoms with Crippen LogP contribution in [0.1, 0.15) is 36.6 Å². The summed E-state index contributed by atoms with van der Waals surface area (Å²) in [6.07, 6.45) is 1.79. The Bertz CT molecular complexity index is 1450. The van der Waals surface area contributed by atoms with E-state index in [1.165, 1.54) is 11.3 Å². The van der Waals surface area contributed by atoms with Crippen LogP contribution in [0.4, 0.5) is 0 Å². The van der Waals surface area contributed by atoms with E-state index in [1.807, 2.05) is 43.3 Å². The number of fused-ring (bicyclic) bond motifs is 1. The number of nitrogens with zero attached hydrogens (tertiary/aromatic N) is 2. The first-order valence-corrected chi connectivity index (χ1v) is 11.7. The van der Waals surface area contributed by atoms with Gasteiger partial charge in [-0.1, -0.05) is 47.2 Å². The Balaban J connectivity index is 1.92. The summed E-state index contributed by atoms with van der Waals surface area (Å²) in [7, 11) is 3.14. The Morgan fingerprint density at radius 3 is 2.44 bits per heavy atom. The van der Waals surface area contributed by atoms with Crippen molar-refractivity contribution in [3.8, 4) is 11.5 Å². The van der Waals surface area contributed by atoms with Gasteiger partial charge in [0.25, 0.3) is 5.56 Å². The van der Waals surface area contributed by atoms with E-state index in [0.29, 0.717) is 32.1 Å². The van der Waals surface area contributed by atoms with Gasteiger partial charge in [0.2, 0.25) is 0 Å². The second-order valence-corrected chi connectivity index (χ2v) is 8.84. The van der Waals surface area contributed by atoms with Crippen molar-refractivity contribution in [2.24, 2.45) is 4.99 Å². The van der Waals surface area contributed by atoms with E-state index in [0.717, 1.165) is 16.7 Å². The van der Waals surface area contributed by atoms with Gasteiger partial charge in [-0.2, -0.15) is 0 Å². The molecule has 4 rings (SSSR count). The van der Waals surface area contributed by atoms with Crippen molar-refractivity contribution in [3.63, 3.8) is 0 Å². The molecule has 0 amide bonds. The van der Waals surface area contributed by atoms with Crippen molar-refractivity contribution < 1.29 is 19.0 Å². The highest BCUT2D eigenvalue weighted by molar-refractivity contribution is 7.07. The van der Waals surface area contributed by atoms with Crippen LogP contribution in [0.2, 0.25) is 0 Å². The minimum absolute atomic E-state index is 0.224. The summed E-state index contributed by atoms with van der Waals surface area (Å²) in [6, 6.07) is 12.6. The zero-order chi connectivity index (χ0) is 24.4. The second-order valence-electron chi connectivity index (χ2n) is 7.83. The van der Waals surface area contributed by atoms with Gasteiger partial charge in [0.15, 0.2) is 16.3 Å². The number of methoxy groups -OCH3 is 2. The van der Waals surface area contributed by atoms with E-state index in [9.17, 15) is 9.59 Å². The minimum atomic E-state index is -0.622.